The van der Waals surface area contributed by atoms with Crippen LogP contribution in [0.3, 0.4) is 0 Å². The fourth-order valence-electron chi connectivity index (χ4n) is 3.07. The van der Waals surface area contributed by atoms with E-state index in [1.165, 1.54) is 0 Å². The number of esters is 1. The summed E-state index contributed by atoms with van der Waals surface area (Å²) in [5.41, 5.74) is 2.49. The third-order valence-electron chi connectivity index (χ3n) is 3.93. The van der Waals surface area contributed by atoms with Crippen LogP contribution in [-0.2, 0) is 11.2 Å². The summed E-state index contributed by atoms with van der Waals surface area (Å²) < 4.78 is 5.01. The Bertz CT molecular complexity index is 612. The molecule has 21 heavy (non-hydrogen) atoms. The van der Waals surface area contributed by atoms with E-state index < -0.39 is 0 Å². The Labute approximate surface area is 123 Å². The van der Waals surface area contributed by atoms with Crippen LogP contribution in [0.15, 0.2) is 30.9 Å². The van der Waals surface area contributed by atoms with Gasteiger partial charge in [-0.15, -0.1) is 6.58 Å². The Kier molecular flexibility index (Phi) is 3.41. The molecule has 2 heterocycles. The van der Waals surface area contributed by atoms with Crippen molar-refractivity contribution in [2.75, 3.05) is 24.6 Å². The lowest BCUT2D eigenvalue weighted by Crippen LogP contribution is -2.32. The Morgan fingerprint density at radius 2 is 2.33 bits per heavy atom. The number of hydrogen-bond acceptors (Lipinski definition) is 3. The lowest BCUT2D eigenvalue weighted by molar-refractivity contribution is 0.0526. The van der Waals surface area contributed by atoms with Gasteiger partial charge in [0.05, 0.1) is 18.2 Å². The minimum atomic E-state index is -0.313. The Hall–Kier alpha value is -2.30. The number of urea groups is 1. The second-order valence-electron chi connectivity index (χ2n) is 5.27. The standard InChI is InChI=1S/C16H18N2O3/c1-3-7-17-10-13-9-12-8-11(15(19)21-4-2)5-6-14(12)18(13)16(17)20/h3,5-6,8,13H,1,4,7,9-10H2,2H3. The van der Waals surface area contributed by atoms with E-state index in [9.17, 15) is 9.59 Å². The second-order valence-corrected chi connectivity index (χ2v) is 5.27. The molecule has 1 aromatic rings. The summed E-state index contributed by atoms with van der Waals surface area (Å²) in [5, 5.41) is 0. The molecule has 1 saturated heterocycles. The monoisotopic (exact) mass is 286 g/mol. The third-order valence-corrected chi connectivity index (χ3v) is 3.93. The lowest BCUT2D eigenvalue weighted by atomic mass is 10.1. The van der Waals surface area contributed by atoms with Crippen LogP contribution in [0, 0.1) is 0 Å². The van der Waals surface area contributed by atoms with E-state index in [0.717, 1.165) is 17.7 Å². The molecule has 1 atom stereocenters. The van der Waals surface area contributed by atoms with Crippen molar-refractivity contribution >= 4 is 17.7 Å². The molecule has 1 aromatic carbocycles. The minimum Gasteiger partial charge on any atom is -0.462 e. The second kappa shape index (κ2) is 5.24. The highest BCUT2D eigenvalue weighted by Crippen LogP contribution is 2.37. The first-order valence-electron chi connectivity index (χ1n) is 7.14. The van der Waals surface area contributed by atoms with E-state index >= 15 is 0 Å². The lowest BCUT2D eigenvalue weighted by Gasteiger charge is -2.17. The van der Waals surface area contributed by atoms with Gasteiger partial charge in [-0.2, -0.15) is 0 Å². The van der Waals surface area contributed by atoms with Crippen molar-refractivity contribution in [1.82, 2.24) is 4.90 Å². The van der Waals surface area contributed by atoms with Crippen LogP contribution < -0.4 is 4.90 Å². The number of hydrogen-bond donors (Lipinski definition) is 0. The molecule has 2 aliphatic rings. The molecule has 3 rings (SSSR count). The number of carbonyl (C=O) groups is 2. The van der Waals surface area contributed by atoms with Crippen LogP contribution >= 0.6 is 0 Å². The first kappa shape index (κ1) is 13.7. The Morgan fingerprint density at radius 3 is 3.05 bits per heavy atom. The molecule has 0 aromatic heterocycles. The minimum absolute atomic E-state index is 0.0162. The van der Waals surface area contributed by atoms with Crippen molar-refractivity contribution in [3.63, 3.8) is 0 Å². The molecular weight excluding hydrogens is 268 g/mol. The fraction of sp³-hybridized carbons (Fsp3) is 0.375. The zero-order valence-electron chi connectivity index (χ0n) is 12.0. The number of anilines is 1. The van der Waals surface area contributed by atoms with Gasteiger partial charge in [-0.25, -0.2) is 9.59 Å². The predicted molar refractivity (Wildman–Crippen MR) is 79.5 cm³/mol. The fourth-order valence-corrected chi connectivity index (χ4v) is 3.07. The summed E-state index contributed by atoms with van der Waals surface area (Å²) in [6.07, 6.45) is 2.52. The first-order valence-corrected chi connectivity index (χ1v) is 7.14. The van der Waals surface area contributed by atoms with Crippen molar-refractivity contribution < 1.29 is 14.3 Å². The molecule has 2 aliphatic heterocycles. The van der Waals surface area contributed by atoms with Crippen LogP contribution in [0.25, 0.3) is 0 Å². The number of amides is 2. The van der Waals surface area contributed by atoms with Gasteiger partial charge in [0.15, 0.2) is 0 Å². The van der Waals surface area contributed by atoms with Crippen LogP contribution in [0.5, 0.6) is 0 Å². The number of nitrogens with zero attached hydrogens (tertiary/aromatic N) is 2. The predicted octanol–water partition coefficient (Wildman–Crippen LogP) is 2.22. The maximum absolute atomic E-state index is 12.4. The van der Waals surface area contributed by atoms with Crippen LogP contribution in [0.4, 0.5) is 10.5 Å². The maximum Gasteiger partial charge on any atom is 0.338 e. The van der Waals surface area contributed by atoms with Crippen molar-refractivity contribution in [2.24, 2.45) is 0 Å². The molecule has 0 aliphatic carbocycles. The molecule has 0 spiro atoms. The maximum atomic E-state index is 12.4. The van der Waals surface area contributed by atoms with Gasteiger partial charge in [-0.05, 0) is 37.1 Å². The average Bonchev–Trinajstić information content (AvgIpc) is 2.96. The molecule has 110 valence electrons. The van der Waals surface area contributed by atoms with Crippen LogP contribution in [0.2, 0.25) is 0 Å². The van der Waals surface area contributed by atoms with Gasteiger partial charge in [0.25, 0.3) is 0 Å². The third kappa shape index (κ3) is 2.18. The van der Waals surface area contributed by atoms with Crippen LogP contribution in [0.1, 0.15) is 22.8 Å². The summed E-state index contributed by atoms with van der Waals surface area (Å²) in [4.78, 5) is 27.8. The molecule has 0 bridgehead atoms. The number of ether oxygens (including phenoxy) is 1. The van der Waals surface area contributed by atoms with Gasteiger partial charge in [0.2, 0.25) is 0 Å². The van der Waals surface area contributed by atoms with E-state index in [1.54, 1.807) is 24.0 Å². The molecule has 1 unspecified atom stereocenters. The largest absolute Gasteiger partial charge is 0.462 e. The topological polar surface area (TPSA) is 49.9 Å². The van der Waals surface area contributed by atoms with Gasteiger partial charge in [-0.3, -0.25) is 4.90 Å². The highest BCUT2D eigenvalue weighted by atomic mass is 16.5. The van der Waals surface area contributed by atoms with Gasteiger partial charge in [-0.1, -0.05) is 6.08 Å². The summed E-state index contributed by atoms with van der Waals surface area (Å²) in [6.45, 7) is 7.10. The molecule has 0 saturated carbocycles. The summed E-state index contributed by atoms with van der Waals surface area (Å²) in [5.74, 6) is -0.313. The quantitative estimate of drug-likeness (QED) is 0.630. The summed E-state index contributed by atoms with van der Waals surface area (Å²) >= 11 is 0. The van der Waals surface area contributed by atoms with Gasteiger partial charge >= 0.3 is 12.0 Å². The Balaban J connectivity index is 1.86. The van der Waals surface area contributed by atoms with Crippen molar-refractivity contribution in [3.8, 4) is 0 Å². The molecule has 0 radical (unpaired) electrons. The van der Waals surface area contributed by atoms with E-state index in [1.807, 2.05) is 17.0 Å². The van der Waals surface area contributed by atoms with Gasteiger partial charge in [0, 0.05) is 18.8 Å². The van der Waals surface area contributed by atoms with Gasteiger partial charge in [0.1, 0.15) is 0 Å². The SMILES string of the molecule is C=CCN1CC2Cc3cc(C(=O)OCC)ccc3N2C1=O. The molecule has 5 heteroatoms. The summed E-state index contributed by atoms with van der Waals surface area (Å²) in [6, 6.07) is 5.59. The molecule has 0 N–H and O–H groups in total. The average molecular weight is 286 g/mol. The molecular formula is C16H18N2O3. The molecule has 2 amide bonds. The highest BCUT2D eigenvalue weighted by Gasteiger charge is 2.43. The van der Waals surface area contributed by atoms with Crippen molar-refractivity contribution in [3.05, 3.63) is 42.0 Å². The van der Waals surface area contributed by atoms with Crippen molar-refractivity contribution in [1.29, 1.82) is 0 Å². The zero-order chi connectivity index (χ0) is 15.0. The van der Waals surface area contributed by atoms with E-state index in [-0.39, 0.29) is 18.0 Å². The number of carbonyl (C=O) groups excluding carboxylic acids is 2. The van der Waals surface area contributed by atoms with E-state index in [4.69, 9.17) is 4.74 Å². The van der Waals surface area contributed by atoms with E-state index in [0.29, 0.717) is 25.3 Å². The van der Waals surface area contributed by atoms with E-state index in [2.05, 4.69) is 6.58 Å². The highest BCUT2D eigenvalue weighted by molar-refractivity contribution is 5.99. The Morgan fingerprint density at radius 1 is 1.52 bits per heavy atom. The number of benzene rings is 1. The van der Waals surface area contributed by atoms with Gasteiger partial charge < -0.3 is 9.64 Å². The van der Waals surface area contributed by atoms with Crippen molar-refractivity contribution in [2.45, 2.75) is 19.4 Å². The first-order chi connectivity index (χ1) is 10.2. The zero-order valence-corrected chi connectivity index (χ0v) is 12.0. The molecule has 5 nitrogen and oxygen atoms in total. The summed E-state index contributed by atoms with van der Waals surface area (Å²) in [7, 11) is 0. The smallest absolute Gasteiger partial charge is 0.338 e. The number of rotatable bonds is 4. The molecule has 1 fully saturated rings. The normalized spacial score (nSPS) is 19.5. The van der Waals surface area contributed by atoms with Crippen LogP contribution in [-0.4, -0.2) is 42.6 Å². The number of fused-ring (bicyclic) bond motifs is 3.